The molecule has 1 atom stereocenters. The quantitative estimate of drug-likeness (QED) is 0.654. The zero-order valence-corrected chi connectivity index (χ0v) is 15.1. The predicted molar refractivity (Wildman–Crippen MR) is 95.6 cm³/mol. The fourth-order valence-electron chi connectivity index (χ4n) is 2.92. The molecule has 0 bridgehead atoms. The molecule has 0 saturated heterocycles. The lowest BCUT2D eigenvalue weighted by molar-refractivity contribution is -0.159. The molecule has 2 heterocycles. The number of rotatable bonds is 4. The van der Waals surface area contributed by atoms with Crippen LogP contribution in [-0.2, 0) is 20.9 Å². The number of carbonyl (C=O) groups is 2. The highest BCUT2D eigenvalue weighted by atomic mass is 19.1. The van der Waals surface area contributed by atoms with Gasteiger partial charge in [-0.05, 0) is 36.8 Å². The van der Waals surface area contributed by atoms with Crippen molar-refractivity contribution in [3.05, 3.63) is 53.6 Å². The maximum atomic E-state index is 14.2. The number of ether oxygens (including phenoxy) is 2. The molecule has 2 aromatic rings. The molecule has 0 spiro atoms. The molecule has 1 aromatic carbocycles. The zero-order valence-electron chi connectivity index (χ0n) is 15.1. The van der Waals surface area contributed by atoms with Crippen LogP contribution >= 0.6 is 0 Å². The Bertz CT molecular complexity index is 859. The van der Waals surface area contributed by atoms with E-state index in [1.54, 1.807) is 13.0 Å². The van der Waals surface area contributed by atoms with Crippen LogP contribution in [-0.4, -0.2) is 42.0 Å². The number of nitrogens with one attached hydrogen (secondary N) is 1. The number of hydrogen-bond donors (Lipinski definition) is 1. The van der Waals surface area contributed by atoms with Crippen molar-refractivity contribution in [1.29, 1.82) is 0 Å². The van der Waals surface area contributed by atoms with E-state index in [2.05, 4.69) is 15.0 Å². The van der Waals surface area contributed by atoms with Crippen LogP contribution in [0.1, 0.15) is 24.2 Å². The number of hydrogen-bond acceptors (Lipinski definition) is 6. The Morgan fingerprint density at radius 2 is 2.22 bits per heavy atom. The fourth-order valence-corrected chi connectivity index (χ4v) is 2.92. The van der Waals surface area contributed by atoms with Crippen molar-refractivity contribution in [1.82, 2.24) is 9.88 Å². The van der Waals surface area contributed by atoms with Crippen molar-refractivity contribution in [3.63, 3.8) is 0 Å². The van der Waals surface area contributed by atoms with Crippen LogP contribution in [0.3, 0.4) is 0 Å². The van der Waals surface area contributed by atoms with Gasteiger partial charge in [0.15, 0.2) is 0 Å². The summed E-state index contributed by atoms with van der Waals surface area (Å²) in [7, 11) is 1.13. The van der Waals surface area contributed by atoms with Crippen LogP contribution in [0.25, 0.3) is 0 Å². The van der Waals surface area contributed by atoms with Crippen molar-refractivity contribution in [2.75, 3.05) is 25.6 Å². The Balaban J connectivity index is 1.91. The second kappa shape index (κ2) is 8.03. The van der Waals surface area contributed by atoms with Gasteiger partial charge in [0.25, 0.3) is 0 Å². The Hall–Kier alpha value is -3.16. The summed E-state index contributed by atoms with van der Waals surface area (Å²) in [5.41, 5.74) is 1.67. The van der Waals surface area contributed by atoms with Crippen molar-refractivity contribution in [2.45, 2.75) is 19.5 Å². The highest BCUT2D eigenvalue weighted by molar-refractivity contribution is 6.32. The Morgan fingerprint density at radius 3 is 2.96 bits per heavy atom. The smallest absolute Gasteiger partial charge is 0.396 e. The van der Waals surface area contributed by atoms with Crippen molar-refractivity contribution >= 4 is 17.6 Å². The first-order valence-corrected chi connectivity index (χ1v) is 8.50. The van der Waals surface area contributed by atoms with E-state index in [-0.39, 0.29) is 12.2 Å². The summed E-state index contributed by atoms with van der Waals surface area (Å²) < 4.78 is 24.3. The summed E-state index contributed by atoms with van der Waals surface area (Å²) in [5, 5.41) is 3.21. The first-order valence-electron chi connectivity index (χ1n) is 8.50. The van der Waals surface area contributed by atoms with Gasteiger partial charge in [0.1, 0.15) is 18.2 Å². The molecule has 27 heavy (non-hydrogen) atoms. The van der Waals surface area contributed by atoms with Crippen molar-refractivity contribution < 1.29 is 23.5 Å². The van der Waals surface area contributed by atoms with Crippen LogP contribution in [0, 0.1) is 5.82 Å². The van der Waals surface area contributed by atoms with E-state index in [0.717, 1.165) is 24.9 Å². The molecule has 0 aliphatic carbocycles. The summed E-state index contributed by atoms with van der Waals surface area (Å²) >= 11 is 0. The lowest BCUT2D eigenvalue weighted by atomic mass is 10.1. The van der Waals surface area contributed by atoms with E-state index in [1.807, 2.05) is 12.1 Å². The van der Waals surface area contributed by atoms with E-state index >= 15 is 0 Å². The van der Waals surface area contributed by atoms with Crippen LogP contribution < -0.4 is 10.1 Å². The predicted octanol–water partition coefficient (Wildman–Crippen LogP) is 2.29. The molecule has 0 fully saturated rings. The minimum Gasteiger partial charge on any atom is -0.490 e. The maximum Gasteiger partial charge on any atom is 0.396 e. The van der Waals surface area contributed by atoms with Crippen LogP contribution in [0.15, 0.2) is 36.5 Å². The van der Waals surface area contributed by atoms with E-state index in [0.29, 0.717) is 12.4 Å². The average molecular weight is 373 g/mol. The van der Waals surface area contributed by atoms with Gasteiger partial charge in [-0.3, -0.25) is 9.78 Å². The number of methoxy groups -OCH3 is 1. The van der Waals surface area contributed by atoms with Crippen molar-refractivity contribution in [3.8, 4) is 5.75 Å². The minimum absolute atomic E-state index is 0.0712. The van der Waals surface area contributed by atoms with Crippen LogP contribution in [0.5, 0.6) is 5.75 Å². The molecular formula is C19H20FN3O4. The SMILES string of the molecule is COC(=O)C(=O)N(Cc1ccc2c(c1)OCCN2)[C@H](C)c1ncccc1F. The number of aromatic nitrogens is 1. The average Bonchev–Trinajstić information content (AvgIpc) is 2.70. The second-order valence-corrected chi connectivity index (χ2v) is 6.08. The monoisotopic (exact) mass is 373 g/mol. The molecule has 0 radical (unpaired) electrons. The molecule has 8 heteroatoms. The van der Waals surface area contributed by atoms with Crippen molar-refractivity contribution in [2.24, 2.45) is 0 Å². The van der Waals surface area contributed by atoms with Gasteiger partial charge in [0, 0.05) is 19.3 Å². The van der Waals surface area contributed by atoms with Gasteiger partial charge >= 0.3 is 11.9 Å². The van der Waals surface area contributed by atoms with Gasteiger partial charge < -0.3 is 19.7 Å². The largest absolute Gasteiger partial charge is 0.490 e. The second-order valence-electron chi connectivity index (χ2n) is 6.08. The molecular weight excluding hydrogens is 353 g/mol. The number of esters is 1. The molecule has 1 aliphatic heterocycles. The van der Waals surface area contributed by atoms with Gasteiger partial charge in [0.2, 0.25) is 0 Å². The first-order chi connectivity index (χ1) is 13.0. The Morgan fingerprint density at radius 1 is 1.41 bits per heavy atom. The van der Waals surface area contributed by atoms with Crippen LogP contribution in [0.2, 0.25) is 0 Å². The summed E-state index contributed by atoms with van der Waals surface area (Å²) in [6.07, 6.45) is 1.44. The van der Waals surface area contributed by atoms with Gasteiger partial charge in [-0.25, -0.2) is 9.18 Å². The van der Waals surface area contributed by atoms with E-state index in [9.17, 15) is 14.0 Å². The molecule has 1 aromatic heterocycles. The van der Waals surface area contributed by atoms with E-state index in [1.165, 1.54) is 23.2 Å². The number of pyridine rings is 1. The number of amides is 1. The lowest BCUT2D eigenvalue weighted by Crippen LogP contribution is -2.39. The highest BCUT2D eigenvalue weighted by Gasteiger charge is 2.30. The number of carbonyl (C=O) groups excluding carboxylic acids is 2. The van der Waals surface area contributed by atoms with Gasteiger partial charge in [-0.1, -0.05) is 6.07 Å². The van der Waals surface area contributed by atoms with E-state index < -0.39 is 23.7 Å². The minimum atomic E-state index is -1.02. The Kier molecular flexibility index (Phi) is 5.54. The lowest BCUT2D eigenvalue weighted by Gasteiger charge is -2.28. The zero-order chi connectivity index (χ0) is 19.4. The number of benzene rings is 1. The number of anilines is 1. The molecule has 0 unspecified atom stereocenters. The topological polar surface area (TPSA) is 80.8 Å². The fraction of sp³-hybridized carbons (Fsp3) is 0.316. The van der Waals surface area contributed by atoms with Gasteiger partial charge in [0.05, 0.1) is 24.5 Å². The van der Waals surface area contributed by atoms with E-state index in [4.69, 9.17) is 4.74 Å². The van der Waals surface area contributed by atoms with Gasteiger partial charge in [-0.2, -0.15) is 0 Å². The number of fused-ring (bicyclic) bond motifs is 1. The molecule has 1 amide bonds. The third-order valence-electron chi connectivity index (χ3n) is 4.35. The standard InChI is InChI=1S/C19H20FN3O4/c1-12(17-14(20)4-3-7-22-17)23(18(24)19(25)26-2)11-13-5-6-15-16(10-13)27-9-8-21-15/h3-7,10,12,21H,8-9,11H2,1-2H3/t12-/m1/s1. The highest BCUT2D eigenvalue weighted by Crippen LogP contribution is 2.30. The summed E-state index contributed by atoms with van der Waals surface area (Å²) in [6.45, 7) is 2.94. The Labute approximate surface area is 156 Å². The normalized spacial score (nSPS) is 13.6. The first kappa shape index (κ1) is 18.6. The van der Waals surface area contributed by atoms with Gasteiger partial charge in [-0.15, -0.1) is 0 Å². The molecule has 1 aliphatic rings. The maximum absolute atomic E-state index is 14.2. The number of nitrogens with zero attached hydrogens (tertiary/aromatic N) is 2. The summed E-state index contributed by atoms with van der Waals surface area (Å²) in [4.78, 5) is 29.6. The molecule has 0 saturated carbocycles. The molecule has 3 rings (SSSR count). The third-order valence-corrected chi connectivity index (χ3v) is 4.35. The third kappa shape index (κ3) is 3.99. The molecule has 1 N–H and O–H groups in total. The number of halogens is 1. The molecule has 7 nitrogen and oxygen atoms in total. The molecule has 142 valence electrons. The summed E-state index contributed by atoms with van der Waals surface area (Å²) in [5.74, 6) is -1.77. The van der Waals surface area contributed by atoms with Crippen LogP contribution in [0.4, 0.5) is 10.1 Å². The summed E-state index contributed by atoms with van der Waals surface area (Å²) in [6, 6.07) is 7.41.